The lowest BCUT2D eigenvalue weighted by atomic mass is 9.89. The van der Waals surface area contributed by atoms with Gasteiger partial charge in [-0.3, -0.25) is 0 Å². The Kier molecular flexibility index (Phi) is 13.5. The quantitative estimate of drug-likeness (QED) is 0.258. The predicted octanol–water partition coefficient (Wildman–Crippen LogP) is 13.1. The molecule has 37 heavy (non-hydrogen) atoms. The molecule has 0 spiro atoms. The fraction of sp³-hybridized carbons (Fsp3) is 0.667. The van der Waals surface area contributed by atoms with Crippen molar-refractivity contribution in [2.45, 2.75) is 53.5 Å². The third-order valence-corrected chi connectivity index (χ3v) is 15.9. The lowest BCUT2D eigenvalue weighted by molar-refractivity contribution is 0.125. The van der Waals surface area contributed by atoms with Gasteiger partial charge in [0.1, 0.15) is 0 Å². The van der Waals surface area contributed by atoms with Crippen LogP contribution in [0.3, 0.4) is 0 Å². The average Bonchev–Trinajstić information content (AvgIpc) is 2.70. The van der Waals surface area contributed by atoms with E-state index in [1.54, 1.807) is 13.8 Å². The van der Waals surface area contributed by atoms with Crippen LogP contribution in [0.25, 0.3) is 0 Å². The molecular formula is C18H12Cl18O. The molecule has 216 valence electrons. The number of hydrogen-bond acceptors (Lipinski definition) is 1. The first-order chi connectivity index (χ1) is 15.9. The summed E-state index contributed by atoms with van der Waals surface area (Å²) in [6.45, 7) is 3.37. The van der Waals surface area contributed by atoms with Crippen LogP contribution in [0, 0.1) is 5.92 Å². The number of rotatable bonds is 8. The van der Waals surface area contributed by atoms with Gasteiger partial charge in [0.25, 0.3) is 0 Å². The molecule has 0 radical (unpaired) electrons. The first-order valence-electron chi connectivity index (χ1n) is 9.17. The molecule has 1 aromatic carbocycles. The summed E-state index contributed by atoms with van der Waals surface area (Å²) in [6, 6.07) is 3.70. The molecule has 1 atom stereocenters. The molecule has 1 rings (SSSR count). The second kappa shape index (κ2) is 12.7. The summed E-state index contributed by atoms with van der Waals surface area (Å²) in [5.74, 6) is -0.404. The minimum absolute atomic E-state index is 0.0612. The number of benzene rings is 1. The van der Waals surface area contributed by atoms with Gasteiger partial charge in [-0.1, -0.05) is 235 Å². The van der Waals surface area contributed by atoms with E-state index in [-0.39, 0.29) is 16.7 Å². The van der Waals surface area contributed by atoms with Gasteiger partial charge >= 0.3 is 0 Å². The van der Waals surface area contributed by atoms with Crippen molar-refractivity contribution in [3.8, 4) is 0 Å². The van der Waals surface area contributed by atoms with Gasteiger partial charge < -0.3 is 5.11 Å². The van der Waals surface area contributed by atoms with Crippen LogP contribution in [0.4, 0.5) is 0 Å². The van der Waals surface area contributed by atoms with Crippen LogP contribution in [0.5, 0.6) is 0 Å². The molecule has 0 aliphatic heterocycles. The van der Waals surface area contributed by atoms with E-state index in [1.165, 1.54) is 12.1 Å². The van der Waals surface area contributed by atoms with Gasteiger partial charge in [0.15, 0.2) is 17.3 Å². The SMILES string of the molecule is CC(C)C(O)c1ccc(C(Cl)(Cl)C(Cl)(Cl)C(Cl)(Cl)C(Cl)(Cl)Cl)cc1C(Cl)(Cl)C(Cl)(Cl)C(Cl)(Cl)C(Cl)(Cl)Cl. The molecule has 0 aromatic heterocycles. The molecule has 0 heterocycles. The van der Waals surface area contributed by atoms with Crippen molar-refractivity contribution in [1.82, 2.24) is 0 Å². The summed E-state index contributed by atoms with van der Waals surface area (Å²) in [7, 11) is 0. The van der Waals surface area contributed by atoms with E-state index >= 15 is 0 Å². The van der Waals surface area contributed by atoms with Crippen molar-refractivity contribution in [1.29, 1.82) is 0 Å². The third kappa shape index (κ3) is 7.13. The van der Waals surface area contributed by atoms with Gasteiger partial charge in [-0.05, 0) is 28.7 Å². The summed E-state index contributed by atoms with van der Waals surface area (Å²) >= 11 is 112. The molecule has 1 N–H and O–H groups in total. The topological polar surface area (TPSA) is 20.2 Å². The van der Waals surface area contributed by atoms with Crippen LogP contribution in [0.2, 0.25) is 0 Å². The number of aliphatic hydroxyl groups is 1. The van der Waals surface area contributed by atoms with E-state index in [2.05, 4.69) is 0 Å². The largest absolute Gasteiger partial charge is 0.388 e. The van der Waals surface area contributed by atoms with Crippen molar-refractivity contribution in [3.63, 3.8) is 0 Å². The highest BCUT2D eigenvalue weighted by atomic mass is 35.6. The Labute approximate surface area is 304 Å². The molecule has 19 heteroatoms. The van der Waals surface area contributed by atoms with Crippen LogP contribution < -0.4 is 0 Å². The number of halogens is 18. The Morgan fingerprint density at radius 2 is 0.892 bits per heavy atom. The molecule has 1 nitrogen and oxygen atoms in total. The Morgan fingerprint density at radius 1 is 0.541 bits per heavy atom. The van der Waals surface area contributed by atoms with Gasteiger partial charge in [-0.25, -0.2) is 0 Å². The number of alkyl halides is 18. The first kappa shape index (κ1) is 39.4. The predicted molar refractivity (Wildman–Crippen MR) is 171 cm³/mol. The molecule has 1 aromatic rings. The molecule has 0 saturated carbocycles. The maximum absolute atomic E-state index is 10.9. The molecule has 1 unspecified atom stereocenters. The maximum atomic E-state index is 10.9. The fourth-order valence-electron chi connectivity index (χ4n) is 2.74. The summed E-state index contributed by atoms with van der Waals surface area (Å²) in [6.07, 6.45) is -1.23. The van der Waals surface area contributed by atoms with E-state index in [4.69, 9.17) is 209 Å². The van der Waals surface area contributed by atoms with Gasteiger partial charge in [-0.2, -0.15) is 0 Å². The average molecular weight is 882 g/mol. The second-order valence-electron chi connectivity index (χ2n) is 7.93. The van der Waals surface area contributed by atoms with Crippen LogP contribution in [0.1, 0.15) is 36.6 Å². The van der Waals surface area contributed by atoms with E-state index in [0.29, 0.717) is 0 Å². The van der Waals surface area contributed by atoms with Gasteiger partial charge in [0.2, 0.25) is 16.3 Å². The summed E-state index contributed by atoms with van der Waals surface area (Å²) < 4.78 is -20.7. The zero-order valence-corrected chi connectivity index (χ0v) is 31.2. The van der Waals surface area contributed by atoms with Crippen molar-refractivity contribution in [3.05, 3.63) is 34.9 Å². The highest BCUT2D eigenvalue weighted by Gasteiger charge is 2.70. The van der Waals surface area contributed by atoms with Gasteiger partial charge in [0.05, 0.1) is 6.10 Å². The molecular weight excluding hydrogens is 870 g/mol. The highest BCUT2D eigenvalue weighted by molar-refractivity contribution is 6.81. The van der Waals surface area contributed by atoms with Crippen molar-refractivity contribution < 1.29 is 5.11 Å². The third-order valence-electron chi connectivity index (χ3n) is 4.99. The summed E-state index contributed by atoms with van der Waals surface area (Å²) in [4.78, 5) is 0. The standard InChI is InChI=1S/C18H12Cl18O/c1-6(2)10(37)8-4-3-7(11(19,20)13(23,24)15(27,28)17(31,32)33)5-9(8)12(21,22)14(25,26)16(29,30)18(34,35)36/h3-6,10,37H,1-2H3. The monoisotopic (exact) mass is 874 g/mol. The van der Waals surface area contributed by atoms with Crippen molar-refractivity contribution in [2.75, 3.05) is 0 Å². The van der Waals surface area contributed by atoms with Crippen molar-refractivity contribution in [2.24, 2.45) is 5.92 Å². The Bertz CT molecular complexity index is 972. The van der Waals surface area contributed by atoms with Gasteiger partial charge in [0, 0.05) is 0 Å². The van der Waals surface area contributed by atoms with E-state index in [0.717, 1.165) is 6.07 Å². The molecule has 0 amide bonds. The van der Waals surface area contributed by atoms with Crippen LogP contribution in [-0.2, 0) is 8.67 Å². The Balaban J connectivity index is 4.07. The lowest BCUT2D eigenvalue weighted by Gasteiger charge is -2.46. The minimum atomic E-state index is -2.71. The molecule has 0 saturated heterocycles. The summed E-state index contributed by atoms with van der Waals surface area (Å²) in [5, 5.41) is 10.9. The molecule has 0 aliphatic carbocycles. The normalized spacial score (nSPS) is 16.4. The highest BCUT2D eigenvalue weighted by Crippen LogP contribution is 2.68. The molecule has 0 fully saturated rings. The van der Waals surface area contributed by atoms with E-state index in [9.17, 15) is 5.11 Å². The smallest absolute Gasteiger partial charge is 0.226 e. The maximum Gasteiger partial charge on any atom is 0.226 e. The molecule has 0 bridgehead atoms. The zero-order valence-electron chi connectivity index (χ0n) is 17.6. The first-order valence-corrected chi connectivity index (χ1v) is 16.0. The van der Waals surface area contributed by atoms with Crippen LogP contribution in [-0.4, -0.2) is 30.0 Å². The van der Waals surface area contributed by atoms with E-state index < -0.39 is 45.6 Å². The Morgan fingerprint density at radius 3 is 1.22 bits per heavy atom. The lowest BCUT2D eigenvalue weighted by Crippen LogP contribution is -2.55. The van der Waals surface area contributed by atoms with Gasteiger partial charge in [-0.15, -0.1) is 0 Å². The van der Waals surface area contributed by atoms with Crippen LogP contribution >= 0.6 is 209 Å². The zero-order chi connectivity index (χ0) is 30.0. The van der Waals surface area contributed by atoms with Crippen molar-refractivity contribution >= 4 is 209 Å². The Hall–Kier alpha value is 4.40. The van der Waals surface area contributed by atoms with E-state index in [1.807, 2.05) is 0 Å². The number of hydrogen-bond donors (Lipinski definition) is 1. The second-order valence-corrected chi connectivity index (χ2v) is 20.5. The number of aliphatic hydroxyl groups excluding tert-OH is 1. The summed E-state index contributed by atoms with van der Waals surface area (Å²) in [5.41, 5.74) is -0.377. The minimum Gasteiger partial charge on any atom is -0.388 e. The van der Waals surface area contributed by atoms with Crippen LogP contribution in [0.15, 0.2) is 18.2 Å². The molecule has 0 aliphatic rings. The fourth-order valence-corrected chi connectivity index (χ4v) is 7.24.